The molecule has 1 aliphatic rings. The standard InChI is InChI=1S/C20H20N4O2/c1-14-6-2-3-7-16(14)19-20(26)21-9-11-24(19)18(25)12-15-13-23-10-5-4-8-17(23)22-15/h2-8,10,13,19H,9,11-12H2,1H3,(H,21,26). The fourth-order valence-electron chi connectivity index (χ4n) is 3.47. The second-order valence-electron chi connectivity index (χ2n) is 6.51. The number of carbonyl (C=O) groups excluding carboxylic acids is 2. The second-order valence-corrected chi connectivity index (χ2v) is 6.51. The summed E-state index contributed by atoms with van der Waals surface area (Å²) in [5.41, 5.74) is 3.38. The van der Waals surface area contributed by atoms with Crippen LogP contribution in [0.4, 0.5) is 0 Å². The molecule has 1 aromatic carbocycles. The molecule has 1 atom stereocenters. The molecule has 3 heterocycles. The van der Waals surface area contributed by atoms with Gasteiger partial charge in [0.2, 0.25) is 11.8 Å². The zero-order valence-corrected chi connectivity index (χ0v) is 14.6. The Balaban J connectivity index is 1.62. The van der Waals surface area contributed by atoms with Crippen molar-refractivity contribution in [3.63, 3.8) is 0 Å². The number of fused-ring (bicyclic) bond motifs is 1. The van der Waals surface area contributed by atoms with E-state index in [1.807, 2.05) is 66.2 Å². The molecular formula is C20H20N4O2. The van der Waals surface area contributed by atoms with E-state index in [9.17, 15) is 9.59 Å². The molecule has 132 valence electrons. The quantitative estimate of drug-likeness (QED) is 0.786. The number of hydrogen-bond donors (Lipinski definition) is 1. The smallest absolute Gasteiger partial charge is 0.247 e. The molecular weight excluding hydrogens is 328 g/mol. The number of benzene rings is 1. The Hall–Kier alpha value is -3.15. The van der Waals surface area contributed by atoms with Crippen LogP contribution in [0.15, 0.2) is 54.9 Å². The van der Waals surface area contributed by atoms with Crippen LogP contribution in [0.2, 0.25) is 0 Å². The monoisotopic (exact) mass is 348 g/mol. The molecule has 1 N–H and O–H groups in total. The molecule has 3 aromatic rings. The topological polar surface area (TPSA) is 66.7 Å². The number of rotatable bonds is 3. The first-order valence-electron chi connectivity index (χ1n) is 8.69. The molecule has 6 heteroatoms. The van der Waals surface area contributed by atoms with Crippen LogP contribution in [0.25, 0.3) is 5.65 Å². The SMILES string of the molecule is Cc1ccccc1C1C(=O)NCCN1C(=O)Cc1cn2ccccc2n1. The zero-order chi connectivity index (χ0) is 18.1. The van der Waals surface area contributed by atoms with Crippen LogP contribution in [0.3, 0.4) is 0 Å². The Morgan fingerprint density at radius 1 is 1.23 bits per heavy atom. The maximum absolute atomic E-state index is 13.0. The molecule has 4 rings (SSSR count). The van der Waals surface area contributed by atoms with Gasteiger partial charge in [-0.3, -0.25) is 9.59 Å². The highest BCUT2D eigenvalue weighted by molar-refractivity contribution is 5.90. The third kappa shape index (κ3) is 2.94. The number of carbonyl (C=O) groups is 2. The predicted molar refractivity (Wildman–Crippen MR) is 97.5 cm³/mol. The van der Waals surface area contributed by atoms with E-state index in [1.165, 1.54) is 0 Å². The molecule has 2 aromatic heterocycles. The number of piperazine rings is 1. The van der Waals surface area contributed by atoms with E-state index in [-0.39, 0.29) is 18.2 Å². The maximum Gasteiger partial charge on any atom is 0.247 e. The van der Waals surface area contributed by atoms with Gasteiger partial charge in [0.05, 0.1) is 12.1 Å². The van der Waals surface area contributed by atoms with Crippen molar-refractivity contribution in [2.75, 3.05) is 13.1 Å². The summed E-state index contributed by atoms with van der Waals surface area (Å²) in [4.78, 5) is 31.7. The lowest BCUT2D eigenvalue weighted by Crippen LogP contribution is -2.52. The largest absolute Gasteiger partial charge is 0.352 e. The van der Waals surface area contributed by atoms with Gasteiger partial charge in [0.25, 0.3) is 0 Å². The highest BCUT2D eigenvalue weighted by atomic mass is 16.2. The number of nitrogens with zero attached hydrogens (tertiary/aromatic N) is 3. The Labute approximate surface area is 151 Å². The Morgan fingerprint density at radius 2 is 2.04 bits per heavy atom. The van der Waals surface area contributed by atoms with E-state index >= 15 is 0 Å². The molecule has 1 aliphatic heterocycles. The van der Waals surface area contributed by atoms with Gasteiger partial charge in [-0.25, -0.2) is 4.98 Å². The van der Waals surface area contributed by atoms with Gasteiger partial charge in [-0.15, -0.1) is 0 Å². The third-order valence-corrected chi connectivity index (χ3v) is 4.76. The molecule has 1 unspecified atom stereocenters. The number of aromatic nitrogens is 2. The van der Waals surface area contributed by atoms with Crippen LogP contribution < -0.4 is 5.32 Å². The van der Waals surface area contributed by atoms with Gasteiger partial charge >= 0.3 is 0 Å². The summed E-state index contributed by atoms with van der Waals surface area (Å²) in [6.45, 7) is 2.93. The summed E-state index contributed by atoms with van der Waals surface area (Å²) in [6, 6.07) is 12.9. The first-order chi connectivity index (χ1) is 12.6. The van der Waals surface area contributed by atoms with Crippen molar-refractivity contribution in [3.8, 4) is 0 Å². The predicted octanol–water partition coefficient (Wildman–Crippen LogP) is 1.88. The summed E-state index contributed by atoms with van der Waals surface area (Å²) in [5.74, 6) is -0.217. The van der Waals surface area contributed by atoms with Crippen molar-refractivity contribution in [3.05, 3.63) is 71.7 Å². The molecule has 0 bridgehead atoms. The lowest BCUT2D eigenvalue weighted by atomic mass is 9.97. The summed E-state index contributed by atoms with van der Waals surface area (Å²) < 4.78 is 1.89. The molecule has 0 radical (unpaired) electrons. The maximum atomic E-state index is 13.0. The van der Waals surface area contributed by atoms with Crippen LogP contribution in [-0.4, -0.2) is 39.2 Å². The molecule has 26 heavy (non-hydrogen) atoms. The number of hydrogen-bond acceptors (Lipinski definition) is 3. The van der Waals surface area contributed by atoms with E-state index < -0.39 is 6.04 Å². The van der Waals surface area contributed by atoms with Gasteiger partial charge in [-0.2, -0.15) is 0 Å². The number of imidazole rings is 1. The molecule has 0 saturated carbocycles. The average molecular weight is 348 g/mol. The number of aryl methyl sites for hydroxylation is 1. The Kier molecular flexibility index (Phi) is 4.16. The molecule has 6 nitrogen and oxygen atoms in total. The molecule has 0 spiro atoms. The fourth-order valence-corrected chi connectivity index (χ4v) is 3.47. The number of nitrogens with one attached hydrogen (secondary N) is 1. The van der Waals surface area contributed by atoms with Crippen molar-refractivity contribution in [1.29, 1.82) is 0 Å². The van der Waals surface area contributed by atoms with Crippen molar-refractivity contribution >= 4 is 17.5 Å². The second kappa shape index (κ2) is 6.63. The van der Waals surface area contributed by atoms with Crippen LogP contribution in [0.5, 0.6) is 0 Å². The number of pyridine rings is 1. The normalized spacial score (nSPS) is 17.3. The van der Waals surface area contributed by atoms with Gasteiger partial charge in [-0.05, 0) is 30.2 Å². The Morgan fingerprint density at radius 3 is 2.85 bits per heavy atom. The van der Waals surface area contributed by atoms with Crippen molar-refractivity contribution in [1.82, 2.24) is 19.6 Å². The molecule has 1 saturated heterocycles. The molecule has 2 amide bonds. The van der Waals surface area contributed by atoms with Crippen molar-refractivity contribution in [2.45, 2.75) is 19.4 Å². The van der Waals surface area contributed by atoms with E-state index in [2.05, 4.69) is 10.3 Å². The summed E-state index contributed by atoms with van der Waals surface area (Å²) in [5, 5.41) is 2.88. The average Bonchev–Trinajstić information content (AvgIpc) is 3.04. The van der Waals surface area contributed by atoms with Gasteiger partial charge in [0.1, 0.15) is 11.7 Å². The van der Waals surface area contributed by atoms with E-state index in [1.54, 1.807) is 4.90 Å². The minimum absolute atomic E-state index is 0.0866. The lowest BCUT2D eigenvalue weighted by Gasteiger charge is -2.36. The van der Waals surface area contributed by atoms with Crippen LogP contribution in [0, 0.1) is 6.92 Å². The summed E-state index contributed by atoms with van der Waals surface area (Å²) in [7, 11) is 0. The fraction of sp³-hybridized carbons (Fsp3) is 0.250. The van der Waals surface area contributed by atoms with Crippen LogP contribution >= 0.6 is 0 Å². The van der Waals surface area contributed by atoms with E-state index in [0.717, 1.165) is 16.8 Å². The first-order valence-corrected chi connectivity index (χ1v) is 8.69. The third-order valence-electron chi connectivity index (χ3n) is 4.76. The zero-order valence-electron chi connectivity index (χ0n) is 14.6. The highest BCUT2D eigenvalue weighted by Crippen LogP contribution is 2.26. The van der Waals surface area contributed by atoms with Crippen LogP contribution in [-0.2, 0) is 16.0 Å². The van der Waals surface area contributed by atoms with E-state index in [4.69, 9.17) is 0 Å². The Bertz CT molecular complexity index is 946. The number of amides is 2. The highest BCUT2D eigenvalue weighted by Gasteiger charge is 2.35. The minimum atomic E-state index is -0.588. The first kappa shape index (κ1) is 16.3. The summed E-state index contributed by atoms with van der Waals surface area (Å²) in [6.07, 6.45) is 3.94. The van der Waals surface area contributed by atoms with Gasteiger partial charge in [0.15, 0.2) is 0 Å². The molecule has 0 aliphatic carbocycles. The minimum Gasteiger partial charge on any atom is -0.352 e. The van der Waals surface area contributed by atoms with Crippen LogP contribution in [0.1, 0.15) is 22.9 Å². The summed E-state index contributed by atoms with van der Waals surface area (Å²) >= 11 is 0. The lowest BCUT2D eigenvalue weighted by molar-refractivity contribution is -0.143. The van der Waals surface area contributed by atoms with Gasteiger partial charge in [0, 0.05) is 25.5 Å². The van der Waals surface area contributed by atoms with Gasteiger partial charge < -0.3 is 14.6 Å². The van der Waals surface area contributed by atoms with Gasteiger partial charge in [-0.1, -0.05) is 30.3 Å². The molecule has 1 fully saturated rings. The van der Waals surface area contributed by atoms with E-state index in [0.29, 0.717) is 18.8 Å². The van der Waals surface area contributed by atoms with Crippen molar-refractivity contribution in [2.24, 2.45) is 0 Å². The van der Waals surface area contributed by atoms with Crippen molar-refractivity contribution < 1.29 is 9.59 Å².